The first-order valence-electron chi connectivity index (χ1n) is 16.5. The fraction of sp³-hybridized carbons (Fsp3) is 0.268. The number of anilines is 1. The lowest BCUT2D eigenvalue weighted by Crippen LogP contribution is -2.25. The van der Waals surface area contributed by atoms with E-state index in [0.717, 1.165) is 72.4 Å². The number of rotatable bonds is 11. The maximum atomic E-state index is 13.8. The van der Waals surface area contributed by atoms with Crippen molar-refractivity contribution < 1.29 is 19.0 Å². The molecule has 4 aromatic carbocycles. The van der Waals surface area contributed by atoms with Gasteiger partial charge in [-0.05, 0) is 82.8 Å². The molecule has 5 aromatic rings. The van der Waals surface area contributed by atoms with Gasteiger partial charge in [0.1, 0.15) is 0 Å². The zero-order valence-corrected chi connectivity index (χ0v) is 27.8. The van der Waals surface area contributed by atoms with Crippen LogP contribution in [0.25, 0.3) is 33.4 Å². The highest BCUT2D eigenvalue weighted by Gasteiger charge is 2.20. The van der Waals surface area contributed by atoms with Crippen LogP contribution in [0.15, 0.2) is 102 Å². The van der Waals surface area contributed by atoms with Crippen molar-refractivity contribution in [3.63, 3.8) is 0 Å². The van der Waals surface area contributed by atoms with Crippen LogP contribution < -0.4 is 20.6 Å². The second-order valence-corrected chi connectivity index (χ2v) is 12.4. The van der Waals surface area contributed by atoms with Gasteiger partial charge in [0, 0.05) is 55.4 Å². The molecule has 7 nitrogen and oxygen atoms in total. The van der Waals surface area contributed by atoms with Crippen molar-refractivity contribution in [1.29, 1.82) is 0 Å². The van der Waals surface area contributed by atoms with E-state index in [4.69, 9.17) is 19.9 Å². The van der Waals surface area contributed by atoms with Crippen molar-refractivity contribution in [3.05, 3.63) is 124 Å². The number of hydrogen-bond donors (Lipinski definition) is 1. The van der Waals surface area contributed by atoms with Gasteiger partial charge in [0.05, 0.1) is 19.8 Å². The molecule has 0 aliphatic carbocycles. The van der Waals surface area contributed by atoms with E-state index in [1.165, 1.54) is 5.56 Å². The topological polar surface area (TPSA) is 92.8 Å². The van der Waals surface area contributed by atoms with Gasteiger partial charge in [0.15, 0.2) is 22.7 Å². The average molecular weight is 643 g/mol. The van der Waals surface area contributed by atoms with Gasteiger partial charge in [-0.25, -0.2) is 0 Å². The summed E-state index contributed by atoms with van der Waals surface area (Å²) < 4.78 is 18.5. The maximum Gasteiger partial charge on any atom is 0.200 e. The number of nitrogen functional groups attached to an aromatic ring is 1. The molecular formula is C41H42N2O5. The molecule has 2 N–H and O–H groups in total. The van der Waals surface area contributed by atoms with E-state index < -0.39 is 0 Å². The van der Waals surface area contributed by atoms with E-state index in [-0.39, 0.29) is 23.2 Å². The summed E-state index contributed by atoms with van der Waals surface area (Å²) in [5, 5.41) is 0. The molecule has 2 heterocycles. The van der Waals surface area contributed by atoms with Crippen LogP contribution in [0.4, 0.5) is 5.69 Å². The highest BCUT2D eigenvalue weighted by atomic mass is 16.5. The molecule has 0 amide bonds. The molecule has 0 unspecified atom stereocenters. The number of carbonyl (C=O) groups excluding carboxylic acids is 1. The molecule has 246 valence electrons. The first-order chi connectivity index (χ1) is 23.4. The first kappa shape index (κ1) is 32.8. The minimum atomic E-state index is -0.233. The number of pyridine rings is 1. The third kappa shape index (κ3) is 7.21. The highest BCUT2D eigenvalue weighted by Crippen LogP contribution is 2.36. The summed E-state index contributed by atoms with van der Waals surface area (Å²) in [5.41, 5.74) is 14.2. The number of benzene rings is 4. The van der Waals surface area contributed by atoms with Crippen LogP contribution in [-0.4, -0.2) is 37.8 Å². The molecule has 0 saturated carbocycles. The van der Waals surface area contributed by atoms with Gasteiger partial charge in [-0.3, -0.25) is 9.59 Å². The van der Waals surface area contributed by atoms with E-state index in [0.29, 0.717) is 28.7 Å². The van der Waals surface area contributed by atoms with Crippen molar-refractivity contribution in [2.75, 3.05) is 33.2 Å². The molecule has 7 heteroatoms. The van der Waals surface area contributed by atoms with Crippen LogP contribution in [0.3, 0.4) is 0 Å². The fourth-order valence-corrected chi connectivity index (χ4v) is 6.37. The number of aromatic nitrogens is 1. The summed E-state index contributed by atoms with van der Waals surface area (Å²) in [6.07, 6.45) is 6.62. The Hall–Kier alpha value is -5.14. The van der Waals surface area contributed by atoms with Crippen LogP contribution in [0.2, 0.25) is 0 Å². The lowest BCUT2D eigenvalue weighted by molar-refractivity contribution is 0.0612. The van der Waals surface area contributed by atoms with E-state index in [1.54, 1.807) is 20.4 Å². The summed E-state index contributed by atoms with van der Waals surface area (Å²) in [5.74, 6) is 1.55. The van der Waals surface area contributed by atoms with Crippen molar-refractivity contribution in [1.82, 2.24) is 4.57 Å². The molecule has 6 rings (SSSR count). The predicted octanol–water partition coefficient (Wildman–Crippen LogP) is 7.86. The van der Waals surface area contributed by atoms with Crippen molar-refractivity contribution in [3.8, 4) is 44.9 Å². The Morgan fingerprint density at radius 3 is 2.04 bits per heavy atom. The number of carbonyl (C=O) groups is 1. The molecule has 0 spiro atoms. The molecule has 0 bridgehead atoms. The Morgan fingerprint density at radius 2 is 1.38 bits per heavy atom. The largest absolute Gasteiger partial charge is 0.493 e. The molecule has 0 atom stereocenters. The monoisotopic (exact) mass is 642 g/mol. The Labute approximate surface area is 281 Å². The molecule has 48 heavy (non-hydrogen) atoms. The van der Waals surface area contributed by atoms with E-state index in [1.807, 2.05) is 89.6 Å². The second-order valence-electron chi connectivity index (χ2n) is 12.4. The quantitative estimate of drug-likeness (QED) is 0.117. The number of ketones is 1. The van der Waals surface area contributed by atoms with E-state index in [2.05, 4.69) is 13.0 Å². The van der Waals surface area contributed by atoms with Gasteiger partial charge in [-0.2, -0.15) is 0 Å². The number of ether oxygens (including phenoxy) is 3. The molecule has 1 aromatic heterocycles. The average Bonchev–Trinajstić information content (AvgIpc) is 3.13. The normalized spacial score (nSPS) is 13.3. The Kier molecular flexibility index (Phi) is 10.1. The summed E-state index contributed by atoms with van der Waals surface area (Å²) in [7, 11) is 3.23. The third-order valence-corrected chi connectivity index (χ3v) is 9.26. The second kappa shape index (κ2) is 14.7. The zero-order chi connectivity index (χ0) is 33.6. The number of Topliss-reactive ketones (excluding diaryl/α,β-unsaturated/α-hetero) is 1. The molecule has 1 saturated heterocycles. The summed E-state index contributed by atoms with van der Waals surface area (Å²) in [6, 6.07) is 27.6. The summed E-state index contributed by atoms with van der Waals surface area (Å²) in [4.78, 5) is 27.6. The van der Waals surface area contributed by atoms with Gasteiger partial charge in [-0.15, -0.1) is 0 Å². The van der Waals surface area contributed by atoms with Crippen molar-refractivity contribution >= 4 is 11.5 Å². The number of nitrogens with zero attached hydrogens (tertiary/aromatic N) is 1. The third-order valence-electron chi connectivity index (χ3n) is 9.26. The molecule has 1 fully saturated rings. The number of nitrogens with two attached hydrogens (primary N) is 1. The van der Waals surface area contributed by atoms with Gasteiger partial charge < -0.3 is 24.5 Å². The lowest BCUT2D eigenvalue weighted by Gasteiger charge is -2.23. The molecular weight excluding hydrogens is 600 g/mol. The van der Waals surface area contributed by atoms with Gasteiger partial charge in [0.25, 0.3) is 0 Å². The van der Waals surface area contributed by atoms with Gasteiger partial charge in [-0.1, -0.05) is 67.6 Å². The van der Waals surface area contributed by atoms with Gasteiger partial charge >= 0.3 is 0 Å². The lowest BCUT2D eigenvalue weighted by atomic mass is 9.95. The van der Waals surface area contributed by atoms with Crippen molar-refractivity contribution in [2.45, 2.75) is 39.2 Å². The number of hydrogen-bond acceptors (Lipinski definition) is 6. The standard InChI is InChI=1S/C41H42N2O5/c1-4-27-5-9-31(10-6-27)35-25-43(24-29-17-19-48-20-18-29)26-36(41(35)45)38(44)21-28-7-11-30(12-8-28)34-22-32(13-15-37(34)42)33-14-16-39(46-2)40(23-33)47-3/h5-16,22-23,25-26,29H,4,17-21,24,42H2,1-3H3. The smallest absolute Gasteiger partial charge is 0.200 e. The van der Waals surface area contributed by atoms with Crippen LogP contribution in [0.1, 0.15) is 41.3 Å². The van der Waals surface area contributed by atoms with Crippen LogP contribution in [0.5, 0.6) is 11.5 Å². The summed E-state index contributed by atoms with van der Waals surface area (Å²) in [6.45, 7) is 4.32. The zero-order valence-electron chi connectivity index (χ0n) is 27.8. The summed E-state index contributed by atoms with van der Waals surface area (Å²) >= 11 is 0. The van der Waals surface area contributed by atoms with Crippen molar-refractivity contribution in [2.24, 2.45) is 5.92 Å². The van der Waals surface area contributed by atoms with Crippen LogP contribution in [-0.2, 0) is 24.1 Å². The fourth-order valence-electron chi connectivity index (χ4n) is 6.37. The first-order valence-corrected chi connectivity index (χ1v) is 16.5. The Morgan fingerprint density at radius 1 is 0.771 bits per heavy atom. The van der Waals surface area contributed by atoms with Crippen LogP contribution in [0, 0.1) is 5.92 Å². The number of methoxy groups -OCH3 is 2. The van der Waals surface area contributed by atoms with E-state index in [9.17, 15) is 9.59 Å². The molecule has 1 aliphatic heterocycles. The van der Waals surface area contributed by atoms with Crippen LogP contribution >= 0.6 is 0 Å². The Bertz CT molecular complexity index is 1960. The maximum absolute atomic E-state index is 13.8. The van der Waals surface area contributed by atoms with Gasteiger partial charge in [0.2, 0.25) is 0 Å². The number of aryl methyl sites for hydroxylation is 1. The minimum Gasteiger partial charge on any atom is -0.493 e. The highest BCUT2D eigenvalue weighted by molar-refractivity contribution is 5.98. The molecule has 1 aliphatic rings. The van der Waals surface area contributed by atoms with E-state index >= 15 is 0 Å². The minimum absolute atomic E-state index is 0.117. The SMILES string of the molecule is CCc1ccc(-c2cn(CC3CCOCC3)cc(C(=O)Cc3ccc(-c4cc(-c5ccc(OC)c(OC)c5)ccc4N)cc3)c2=O)cc1. The Balaban J connectivity index is 1.26. The predicted molar refractivity (Wildman–Crippen MR) is 192 cm³/mol. The molecule has 0 radical (unpaired) electrons.